The van der Waals surface area contributed by atoms with E-state index in [0.717, 1.165) is 36.3 Å². The Kier molecular flexibility index (Phi) is 5.82. The summed E-state index contributed by atoms with van der Waals surface area (Å²) in [4.78, 5) is 37.6. The van der Waals surface area contributed by atoms with E-state index in [9.17, 15) is 14.4 Å². The van der Waals surface area contributed by atoms with Crippen LogP contribution in [0.2, 0.25) is 0 Å². The molecule has 1 spiro atoms. The Bertz CT molecular complexity index is 845. The Labute approximate surface area is 177 Å². The number of hydrogen-bond donors (Lipinski definition) is 3. The maximum absolute atomic E-state index is 12.8. The Hall–Kier alpha value is -2.41. The lowest BCUT2D eigenvalue weighted by atomic mass is 9.77. The highest BCUT2D eigenvalue weighted by Crippen LogP contribution is 2.35. The average Bonchev–Trinajstić information content (AvgIpc) is 2.98. The number of rotatable bonds is 5. The first-order chi connectivity index (χ1) is 14.4. The number of benzene rings is 1. The van der Waals surface area contributed by atoms with E-state index in [0.29, 0.717) is 18.8 Å². The number of urea groups is 1. The molecule has 4 amide bonds. The number of fused-ring (bicyclic) bond motifs is 1. The van der Waals surface area contributed by atoms with Crippen LogP contribution in [0.1, 0.15) is 75.1 Å². The first-order valence-corrected chi connectivity index (χ1v) is 11.2. The second-order valence-corrected chi connectivity index (χ2v) is 9.21. The van der Waals surface area contributed by atoms with Crippen LogP contribution >= 0.6 is 0 Å². The van der Waals surface area contributed by atoms with Crippen LogP contribution in [0.5, 0.6) is 0 Å². The van der Waals surface area contributed by atoms with Gasteiger partial charge in [-0.3, -0.25) is 15.0 Å². The predicted octanol–water partition coefficient (Wildman–Crippen LogP) is 2.75. The van der Waals surface area contributed by atoms with Crippen LogP contribution in [0.15, 0.2) is 18.2 Å². The summed E-state index contributed by atoms with van der Waals surface area (Å²) in [5, 5.41) is 6.89. The van der Waals surface area contributed by atoms with E-state index in [1.165, 1.54) is 24.0 Å². The monoisotopic (exact) mass is 412 g/mol. The number of carbonyl (C=O) groups excluding carboxylic acids is 3. The molecule has 0 radical (unpaired) electrons. The standard InChI is InChI=1S/C23H32N4O3/c1-15-9-11-23(12-10-15)21(29)27(22(30)25-23)26-20(28)14-24-16(2)18-8-7-17-5-3-4-6-19(17)13-18/h7-8,13,15-16,24H,3-6,9-12,14H2,1-2H3,(H,25,30)(H,26,28)/t15?,16-,23?/m1/s1. The fraction of sp³-hybridized carbons (Fsp3) is 0.609. The van der Waals surface area contributed by atoms with Gasteiger partial charge in [0.2, 0.25) is 0 Å². The molecule has 1 saturated heterocycles. The van der Waals surface area contributed by atoms with E-state index in [4.69, 9.17) is 0 Å². The largest absolute Gasteiger partial charge is 0.344 e. The van der Waals surface area contributed by atoms with Gasteiger partial charge in [0.1, 0.15) is 5.54 Å². The number of aryl methyl sites for hydroxylation is 2. The fourth-order valence-electron chi connectivity index (χ4n) is 4.87. The van der Waals surface area contributed by atoms with Crippen molar-refractivity contribution in [1.29, 1.82) is 0 Å². The lowest BCUT2D eigenvalue weighted by Crippen LogP contribution is -2.52. The van der Waals surface area contributed by atoms with Gasteiger partial charge in [-0.05, 0) is 80.9 Å². The second kappa shape index (κ2) is 8.38. The number of hydrazine groups is 1. The van der Waals surface area contributed by atoms with E-state index >= 15 is 0 Å². The summed E-state index contributed by atoms with van der Waals surface area (Å²) in [6, 6.07) is 6.00. The van der Waals surface area contributed by atoms with Crippen LogP contribution in [-0.4, -0.2) is 34.9 Å². The highest BCUT2D eigenvalue weighted by Gasteiger charge is 2.52. The molecule has 1 aromatic rings. The van der Waals surface area contributed by atoms with Crippen molar-refractivity contribution in [3.63, 3.8) is 0 Å². The average molecular weight is 413 g/mol. The van der Waals surface area contributed by atoms with Crippen molar-refractivity contribution in [1.82, 2.24) is 21.1 Å². The van der Waals surface area contributed by atoms with Gasteiger partial charge in [-0.25, -0.2) is 4.79 Å². The number of imide groups is 1. The van der Waals surface area contributed by atoms with E-state index in [-0.39, 0.29) is 18.5 Å². The smallest absolute Gasteiger partial charge is 0.322 e. The van der Waals surface area contributed by atoms with E-state index in [1.807, 2.05) is 6.92 Å². The molecule has 1 saturated carbocycles. The van der Waals surface area contributed by atoms with Gasteiger partial charge in [-0.1, -0.05) is 25.1 Å². The van der Waals surface area contributed by atoms with Crippen molar-refractivity contribution >= 4 is 17.8 Å². The van der Waals surface area contributed by atoms with Gasteiger partial charge < -0.3 is 10.6 Å². The maximum Gasteiger partial charge on any atom is 0.344 e. The van der Waals surface area contributed by atoms with Gasteiger partial charge in [0.25, 0.3) is 11.8 Å². The predicted molar refractivity (Wildman–Crippen MR) is 113 cm³/mol. The van der Waals surface area contributed by atoms with Crippen LogP contribution in [-0.2, 0) is 22.4 Å². The van der Waals surface area contributed by atoms with Crippen LogP contribution in [0.25, 0.3) is 0 Å². The zero-order chi connectivity index (χ0) is 21.3. The number of nitrogens with one attached hydrogen (secondary N) is 3. The summed E-state index contributed by atoms with van der Waals surface area (Å²) in [6.45, 7) is 4.20. The molecule has 1 atom stereocenters. The molecule has 1 heterocycles. The minimum absolute atomic E-state index is 0.00254. The summed E-state index contributed by atoms with van der Waals surface area (Å²) in [6.07, 6.45) is 7.78. The molecule has 7 heteroatoms. The minimum Gasteiger partial charge on any atom is -0.322 e. The number of amides is 4. The molecular weight excluding hydrogens is 380 g/mol. The Balaban J connectivity index is 1.31. The highest BCUT2D eigenvalue weighted by molar-refractivity contribution is 6.08. The van der Waals surface area contributed by atoms with E-state index in [1.54, 1.807) is 0 Å². The Morgan fingerprint density at radius 2 is 1.90 bits per heavy atom. The van der Waals surface area contributed by atoms with Crippen LogP contribution in [0, 0.1) is 5.92 Å². The molecule has 30 heavy (non-hydrogen) atoms. The quantitative estimate of drug-likeness (QED) is 0.649. The van der Waals surface area contributed by atoms with Gasteiger partial charge in [0, 0.05) is 6.04 Å². The SMILES string of the molecule is CC1CCC2(CC1)NC(=O)N(NC(=O)CN[C@H](C)c1ccc3c(c1)CCCC3)C2=O. The summed E-state index contributed by atoms with van der Waals surface area (Å²) >= 11 is 0. The molecule has 3 aliphatic rings. The second-order valence-electron chi connectivity index (χ2n) is 9.21. The molecule has 1 aliphatic heterocycles. The van der Waals surface area contributed by atoms with Crippen LogP contribution in [0.4, 0.5) is 4.79 Å². The molecule has 2 fully saturated rings. The molecule has 0 bridgehead atoms. The first kappa shape index (κ1) is 20.8. The summed E-state index contributed by atoms with van der Waals surface area (Å²) in [7, 11) is 0. The van der Waals surface area contributed by atoms with Gasteiger partial charge in [0.15, 0.2) is 0 Å². The Morgan fingerprint density at radius 1 is 1.20 bits per heavy atom. The van der Waals surface area contributed by atoms with Gasteiger partial charge in [-0.2, -0.15) is 5.01 Å². The first-order valence-electron chi connectivity index (χ1n) is 11.2. The third-order valence-electron chi connectivity index (χ3n) is 6.97. The normalized spacial score (nSPS) is 27.0. The summed E-state index contributed by atoms with van der Waals surface area (Å²) in [5.41, 5.74) is 5.62. The van der Waals surface area contributed by atoms with E-state index in [2.05, 4.69) is 41.2 Å². The molecular formula is C23H32N4O3. The zero-order valence-electron chi connectivity index (χ0n) is 17.9. The van der Waals surface area contributed by atoms with Crippen LogP contribution in [0.3, 0.4) is 0 Å². The van der Waals surface area contributed by atoms with Crippen molar-refractivity contribution in [3.8, 4) is 0 Å². The maximum atomic E-state index is 12.8. The van der Waals surface area contributed by atoms with Gasteiger partial charge >= 0.3 is 6.03 Å². The molecule has 3 N–H and O–H groups in total. The van der Waals surface area contributed by atoms with Gasteiger partial charge in [-0.15, -0.1) is 0 Å². The van der Waals surface area contributed by atoms with Gasteiger partial charge in [0.05, 0.1) is 6.54 Å². The molecule has 1 aromatic carbocycles. The fourth-order valence-corrected chi connectivity index (χ4v) is 4.87. The minimum atomic E-state index is -0.847. The van der Waals surface area contributed by atoms with Crippen molar-refractivity contribution in [2.24, 2.45) is 5.92 Å². The Morgan fingerprint density at radius 3 is 2.63 bits per heavy atom. The molecule has 162 valence electrons. The summed E-state index contributed by atoms with van der Waals surface area (Å²) in [5.74, 6) is -0.182. The summed E-state index contributed by atoms with van der Waals surface area (Å²) < 4.78 is 0. The van der Waals surface area contributed by atoms with Crippen LogP contribution < -0.4 is 16.1 Å². The third kappa shape index (κ3) is 4.08. The van der Waals surface area contributed by atoms with E-state index < -0.39 is 17.5 Å². The lowest BCUT2D eigenvalue weighted by molar-refractivity contribution is -0.139. The van der Waals surface area contributed by atoms with Crippen molar-refractivity contribution in [3.05, 3.63) is 34.9 Å². The van der Waals surface area contributed by atoms with Crippen molar-refractivity contribution in [2.45, 2.75) is 76.8 Å². The molecule has 2 aliphatic carbocycles. The molecule has 0 unspecified atom stereocenters. The topological polar surface area (TPSA) is 90.5 Å². The molecule has 0 aromatic heterocycles. The van der Waals surface area contributed by atoms with Crippen molar-refractivity contribution in [2.75, 3.05) is 6.54 Å². The molecule has 4 rings (SSSR count). The van der Waals surface area contributed by atoms with Crippen molar-refractivity contribution < 1.29 is 14.4 Å². The molecule has 7 nitrogen and oxygen atoms in total. The number of hydrogen-bond acceptors (Lipinski definition) is 4. The lowest BCUT2D eigenvalue weighted by Gasteiger charge is -2.33. The number of nitrogens with zero attached hydrogens (tertiary/aromatic N) is 1. The highest BCUT2D eigenvalue weighted by atomic mass is 16.2. The number of carbonyl (C=O) groups is 3. The third-order valence-corrected chi connectivity index (χ3v) is 6.97. The zero-order valence-corrected chi connectivity index (χ0v) is 17.9.